The van der Waals surface area contributed by atoms with E-state index in [1.54, 1.807) is 0 Å². The molecule has 0 aliphatic heterocycles. The van der Waals surface area contributed by atoms with Gasteiger partial charge in [0.05, 0.1) is 22.1 Å². The zero-order valence-corrected chi connectivity index (χ0v) is 30.2. The third-order valence-corrected chi connectivity index (χ3v) is 10.7. The fourth-order valence-electron chi connectivity index (χ4n) is 8.02. The molecule has 0 amide bonds. The van der Waals surface area contributed by atoms with Crippen molar-refractivity contribution in [2.45, 2.75) is 0 Å². The summed E-state index contributed by atoms with van der Waals surface area (Å²) in [5, 5.41) is 4.40. The van der Waals surface area contributed by atoms with Crippen LogP contribution in [-0.2, 0) is 0 Å². The molecule has 0 bridgehead atoms. The van der Waals surface area contributed by atoms with E-state index in [9.17, 15) is 0 Å². The van der Waals surface area contributed by atoms with Crippen LogP contribution in [0.2, 0.25) is 0 Å². The molecule has 0 unspecified atom stereocenters. The number of aromatic nitrogens is 4. The van der Waals surface area contributed by atoms with Gasteiger partial charge >= 0.3 is 0 Å². The number of para-hydroxylation sites is 2. The molecule has 0 atom stereocenters. The van der Waals surface area contributed by atoms with E-state index >= 15 is 0 Å². The number of nitrogens with zero attached hydrogens (tertiary/aromatic N) is 4. The predicted molar refractivity (Wildman–Crippen MR) is 229 cm³/mol. The number of hydrogen-bond donors (Lipinski definition) is 0. The van der Waals surface area contributed by atoms with Crippen molar-refractivity contribution >= 4 is 43.7 Å². The average molecular weight is 717 g/mol. The molecule has 0 aliphatic carbocycles. The van der Waals surface area contributed by atoms with Crippen molar-refractivity contribution in [1.29, 1.82) is 0 Å². The molecule has 0 fully saturated rings. The second-order valence-corrected chi connectivity index (χ2v) is 14.0. The molecule has 5 heteroatoms. The van der Waals surface area contributed by atoms with Crippen LogP contribution in [0.25, 0.3) is 106 Å². The molecule has 8 aromatic carbocycles. The minimum atomic E-state index is 0.588. The van der Waals surface area contributed by atoms with Crippen LogP contribution in [0.3, 0.4) is 0 Å². The first-order valence-corrected chi connectivity index (χ1v) is 18.8. The number of fused-ring (bicyclic) bond motifs is 7. The third-order valence-electron chi connectivity index (χ3n) is 10.7. The Hall–Kier alpha value is -7.63. The van der Waals surface area contributed by atoms with Crippen molar-refractivity contribution in [1.82, 2.24) is 19.5 Å². The van der Waals surface area contributed by atoms with Crippen LogP contribution in [0.5, 0.6) is 0 Å². The van der Waals surface area contributed by atoms with Crippen molar-refractivity contribution < 1.29 is 4.42 Å². The summed E-state index contributed by atoms with van der Waals surface area (Å²) in [6.07, 6.45) is 0. The van der Waals surface area contributed by atoms with Crippen LogP contribution in [0.4, 0.5) is 0 Å². The highest BCUT2D eigenvalue weighted by molar-refractivity contribution is 6.24. The molecule has 0 saturated carbocycles. The van der Waals surface area contributed by atoms with Crippen molar-refractivity contribution in [2.75, 3.05) is 0 Å². The lowest BCUT2D eigenvalue weighted by Crippen LogP contribution is -2.04. The Morgan fingerprint density at radius 3 is 1.62 bits per heavy atom. The largest absolute Gasteiger partial charge is 0.455 e. The van der Waals surface area contributed by atoms with E-state index in [4.69, 9.17) is 19.4 Å². The van der Waals surface area contributed by atoms with Gasteiger partial charge < -0.3 is 8.98 Å². The number of benzene rings is 8. The molecular formula is C51H32N4O. The van der Waals surface area contributed by atoms with Gasteiger partial charge in [-0.05, 0) is 64.7 Å². The van der Waals surface area contributed by atoms with Crippen molar-refractivity contribution in [2.24, 2.45) is 0 Å². The number of furan rings is 1. The summed E-state index contributed by atoms with van der Waals surface area (Å²) < 4.78 is 8.98. The third kappa shape index (κ3) is 5.29. The zero-order chi connectivity index (χ0) is 37.0. The van der Waals surface area contributed by atoms with Gasteiger partial charge in [0, 0.05) is 32.8 Å². The monoisotopic (exact) mass is 716 g/mol. The maximum Gasteiger partial charge on any atom is 0.166 e. The van der Waals surface area contributed by atoms with Crippen LogP contribution in [0.1, 0.15) is 0 Å². The lowest BCUT2D eigenvalue weighted by Gasteiger charge is -2.16. The van der Waals surface area contributed by atoms with Crippen LogP contribution < -0.4 is 0 Å². The lowest BCUT2D eigenvalue weighted by atomic mass is 9.97. The van der Waals surface area contributed by atoms with Crippen LogP contribution in [0.15, 0.2) is 199 Å². The molecule has 0 spiro atoms. The highest BCUT2D eigenvalue weighted by atomic mass is 16.3. The Balaban J connectivity index is 1.21. The molecule has 3 heterocycles. The Morgan fingerprint density at radius 2 is 0.911 bits per heavy atom. The van der Waals surface area contributed by atoms with E-state index < -0.39 is 0 Å². The van der Waals surface area contributed by atoms with Crippen LogP contribution in [-0.4, -0.2) is 19.5 Å². The first-order valence-electron chi connectivity index (χ1n) is 18.8. The predicted octanol–water partition coefficient (Wildman–Crippen LogP) is 13.2. The molecule has 56 heavy (non-hydrogen) atoms. The number of rotatable bonds is 6. The van der Waals surface area contributed by atoms with Gasteiger partial charge in [-0.2, -0.15) is 0 Å². The minimum Gasteiger partial charge on any atom is -0.455 e. The van der Waals surface area contributed by atoms with Crippen molar-refractivity contribution in [3.63, 3.8) is 0 Å². The molecule has 0 radical (unpaired) electrons. The SMILES string of the molecule is c1ccc(-c2cccc(-c3ccc(-n4c5ccccc5c5c6oc7ccccc7c6ccc54)c(-c4nc(-c5ccccc5)nc(-c5ccccc5)n4)c3)c2)cc1. The Kier molecular flexibility index (Phi) is 7.42. The molecule has 0 N–H and O–H groups in total. The van der Waals surface area contributed by atoms with E-state index in [2.05, 4.69) is 120 Å². The van der Waals surface area contributed by atoms with Crippen molar-refractivity contribution in [3.05, 3.63) is 194 Å². The normalized spacial score (nSPS) is 11.6. The average Bonchev–Trinajstić information content (AvgIpc) is 3.83. The first kappa shape index (κ1) is 31.9. The molecule has 262 valence electrons. The van der Waals surface area contributed by atoms with Gasteiger partial charge in [0.15, 0.2) is 17.5 Å². The second-order valence-electron chi connectivity index (χ2n) is 14.0. The Morgan fingerprint density at radius 1 is 0.357 bits per heavy atom. The van der Waals surface area contributed by atoms with E-state index in [1.165, 1.54) is 5.56 Å². The van der Waals surface area contributed by atoms with Gasteiger partial charge in [-0.25, -0.2) is 15.0 Å². The highest BCUT2D eigenvalue weighted by Gasteiger charge is 2.23. The fraction of sp³-hybridized carbons (Fsp3) is 0. The van der Waals surface area contributed by atoms with Crippen molar-refractivity contribution in [3.8, 4) is 62.1 Å². The summed E-state index contributed by atoms with van der Waals surface area (Å²) in [6, 6.07) is 67.4. The smallest absolute Gasteiger partial charge is 0.166 e. The van der Waals surface area contributed by atoms with Gasteiger partial charge in [-0.1, -0.05) is 152 Å². The molecule has 3 aromatic heterocycles. The lowest BCUT2D eigenvalue weighted by molar-refractivity contribution is 0.673. The zero-order valence-electron chi connectivity index (χ0n) is 30.2. The summed E-state index contributed by atoms with van der Waals surface area (Å²) in [5.74, 6) is 1.82. The summed E-state index contributed by atoms with van der Waals surface area (Å²) in [5.41, 5.74) is 12.0. The summed E-state index contributed by atoms with van der Waals surface area (Å²) in [7, 11) is 0. The highest BCUT2D eigenvalue weighted by Crippen LogP contribution is 2.43. The maximum atomic E-state index is 6.65. The van der Waals surface area contributed by atoms with E-state index in [0.717, 1.165) is 82.8 Å². The second kappa shape index (κ2) is 13.0. The summed E-state index contributed by atoms with van der Waals surface area (Å²) >= 11 is 0. The molecular weight excluding hydrogens is 685 g/mol. The summed E-state index contributed by atoms with van der Waals surface area (Å²) in [4.78, 5) is 15.5. The standard InChI is InChI=1S/C51H32N4O/c1-4-15-33(16-5-1)36-21-14-22-37(31-36)38-27-29-44(42(32-38)51-53-49(34-17-6-2-7-18-34)52-50(54-51)35-19-8-3-9-20-35)55-43-25-12-10-24-41(43)47-45(55)30-28-40-39-23-11-13-26-46(39)56-48(40)47/h1-32H. The van der Waals surface area contributed by atoms with Gasteiger partial charge in [0.25, 0.3) is 0 Å². The van der Waals surface area contributed by atoms with E-state index in [0.29, 0.717) is 17.5 Å². The quantitative estimate of drug-likeness (QED) is 0.172. The van der Waals surface area contributed by atoms with E-state index in [1.807, 2.05) is 78.9 Å². The van der Waals surface area contributed by atoms with Gasteiger partial charge in [0.1, 0.15) is 11.2 Å². The Labute approximate surface area is 322 Å². The topological polar surface area (TPSA) is 56.7 Å². The molecule has 11 rings (SSSR count). The Bertz CT molecular complexity index is 3180. The minimum absolute atomic E-state index is 0.588. The molecule has 11 aromatic rings. The van der Waals surface area contributed by atoms with Gasteiger partial charge in [-0.3, -0.25) is 0 Å². The molecule has 0 aliphatic rings. The number of hydrogen-bond acceptors (Lipinski definition) is 4. The van der Waals surface area contributed by atoms with Gasteiger partial charge in [0.2, 0.25) is 0 Å². The summed E-state index contributed by atoms with van der Waals surface area (Å²) in [6.45, 7) is 0. The maximum absolute atomic E-state index is 6.65. The van der Waals surface area contributed by atoms with Crippen LogP contribution >= 0.6 is 0 Å². The first-order chi connectivity index (χ1) is 27.8. The van der Waals surface area contributed by atoms with Crippen LogP contribution in [0, 0.1) is 0 Å². The molecule has 0 saturated heterocycles. The fourth-order valence-corrected chi connectivity index (χ4v) is 8.02. The van der Waals surface area contributed by atoms with E-state index in [-0.39, 0.29) is 0 Å². The van der Waals surface area contributed by atoms with Gasteiger partial charge in [-0.15, -0.1) is 0 Å². The molecule has 5 nitrogen and oxygen atoms in total.